The highest BCUT2D eigenvalue weighted by Crippen LogP contribution is 2.52. The first kappa shape index (κ1) is 25.5. The third-order valence-corrected chi connectivity index (χ3v) is 8.71. The summed E-state index contributed by atoms with van der Waals surface area (Å²) in [4.78, 5) is 10.1. The lowest BCUT2D eigenvalue weighted by Crippen LogP contribution is -2.15. The molecule has 0 aliphatic carbocycles. The molecule has 0 unspecified atom stereocenters. The summed E-state index contributed by atoms with van der Waals surface area (Å²) < 4.78 is 11.2. The molecule has 6 heteroatoms. The number of methoxy groups -OCH3 is 2. The first-order valence-electron chi connectivity index (χ1n) is 13.2. The molecule has 0 amide bonds. The van der Waals surface area contributed by atoms with E-state index in [9.17, 15) is 0 Å². The fourth-order valence-corrected chi connectivity index (χ4v) is 6.57. The third kappa shape index (κ3) is 4.48. The highest BCUT2D eigenvalue weighted by atomic mass is 35.5. The molecule has 1 aliphatic heterocycles. The van der Waals surface area contributed by atoms with Crippen LogP contribution in [0.25, 0.3) is 33.3 Å². The Kier molecular flexibility index (Phi) is 6.54. The Labute approximate surface area is 248 Å². The van der Waals surface area contributed by atoms with Crippen molar-refractivity contribution in [3.63, 3.8) is 0 Å². The van der Waals surface area contributed by atoms with Crippen LogP contribution in [0.4, 0.5) is 17.1 Å². The van der Waals surface area contributed by atoms with Crippen molar-refractivity contribution in [2.24, 2.45) is 0 Å². The van der Waals surface area contributed by atoms with Gasteiger partial charge in [0.2, 0.25) is 0 Å². The fourth-order valence-electron chi connectivity index (χ4n) is 5.39. The molecule has 6 aromatic rings. The standard InChI is InChI=1S/C35H25ClN2O2S/c1-39-31-19-16-23(20-32(31)40-2)26-21-27(22-14-17-24(36)18-15-22)37-35-25(26)8-7-11-30(35)38-28-9-3-5-12-33(28)41-34-13-6-4-10-29(34)38/h3-21H,1-2H3. The maximum Gasteiger partial charge on any atom is 0.161 e. The van der Waals surface area contributed by atoms with E-state index in [1.54, 1.807) is 26.0 Å². The van der Waals surface area contributed by atoms with Crippen molar-refractivity contribution in [2.75, 3.05) is 19.1 Å². The van der Waals surface area contributed by atoms with E-state index in [2.05, 4.69) is 83.8 Å². The normalized spacial score (nSPS) is 12.1. The zero-order chi connectivity index (χ0) is 27.9. The molecular weight excluding hydrogens is 548 g/mol. The van der Waals surface area contributed by atoms with Gasteiger partial charge in [-0.05, 0) is 71.8 Å². The highest BCUT2D eigenvalue weighted by molar-refractivity contribution is 7.99. The number of anilines is 3. The molecule has 200 valence electrons. The van der Waals surface area contributed by atoms with Crippen LogP contribution in [-0.2, 0) is 0 Å². The molecule has 7 rings (SSSR count). The summed E-state index contributed by atoms with van der Waals surface area (Å²) >= 11 is 8.05. The number of halogens is 1. The van der Waals surface area contributed by atoms with E-state index >= 15 is 0 Å². The molecule has 0 spiro atoms. The van der Waals surface area contributed by atoms with E-state index in [4.69, 9.17) is 26.1 Å². The Morgan fingerprint density at radius 1 is 0.634 bits per heavy atom. The number of aromatic nitrogens is 1. The number of rotatable bonds is 5. The van der Waals surface area contributed by atoms with E-state index in [1.807, 2.05) is 36.4 Å². The van der Waals surface area contributed by atoms with Gasteiger partial charge in [0.1, 0.15) is 0 Å². The Balaban J connectivity index is 1.54. The van der Waals surface area contributed by atoms with Crippen molar-refractivity contribution in [2.45, 2.75) is 9.79 Å². The average molecular weight is 573 g/mol. The van der Waals surface area contributed by atoms with Crippen molar-refractivity contribution >= 4 is 51.3 Å². The summed E-state index contributed by atoms with van der Waals surface area (Å²) in [6.45, 7) is 0. The highest BCUT2D eigenvalue weighted by Gasteiger charge is 2.26. The van der Waals surface area contributed by atoms with Crippen LogP contribution in [0.3, 0.4) is 0 Å². The van der Waals surface area contributed by atoms with E-state index in [0.29, 0.717) is 16.5 Å². The molecule has 0 saturated carbocycles. The molecule has 2 heterocycles. The van der Waals surface area contributed by atoms with Crippen LogP contribution in [0.1, 0.15) is 0 Å². The number of hydrogen-bond donors (Lipinski definition) is 0. The van der Waals surface area contributed by atoms with Gasteiger partial charge in [-0.1, -0.05) is 78.0 Å². The van der Waals surface area contributed by atoms with Gasteiger partial charge in [-0.25, -0.2) is 4.98 Å². The van der Waals surface area contributed by atoms with Crippen molar-refractivity contribution in [1.82, 2.24) is 4.98 Å². The molecule has 0 N–H and O–H groups in total. The van der Waals surface area contributed by atoms with Gasteiger partial charge in [0, 0.05) is 25.8 Å². The molecule has 5 aromatic carbocycles. The van der Waals surface area contributed by atoms with Gasteiger partial charge in [-0.3, -0.25) is 0 Å². The lowest BCUT2D eigenvalue weighted by atomic mass is 9.97. The van der Waals surface area contributed by atoms with Crippen LogP contribution in [-0.4, -0.2) is 19.2 Å². The predicted molar refractivity (Wildman–Crippen MR) is 170 cm³/mol. The maximum absolute atomic E-state index is 6.25. The number of nitrogens with zero attached hydrogens (tertiary/aromatic N) is 2. The number of pyridine rings is 1. The quantitative estimate of drug-likeness (QED) is 0.205. The van der Waals surface area contributed by atoms with Crippen LogP contribution in [0.15, 0.2) is 125 Å². The summed E-state index contributed by atoms with van der Waals surface area (Å²) in [6, 6.07) is 39.5. The van der Waals surface area contributed by atoms with Crippen molar-refractivity contribution < 1.29 is 9.47 Å². The Morgan fingerprint density at radius 3 is 1.95 bits per heavy atom. The second kappa shape index (κ2) is 10.5. The molecular formula is C35H25ClN2O2S. The molecule has 1 aliphatic rings. The van der Waals surface area contributed by atoms with Crippen LogP contribution in [0.5, 0.6) is 11.5 Å². The monoisotopic (exact) mass is 572 g/mol. The summed E-state index contributed by atoms with van der Waals surface area (Å²) in [7, 11) is 3.31. The first-order valence-corrected chi connectivity index (χ1v) is 14.4. The Bertz CT molecular complexity index is 1880. The first-order chi connectivity index (χ1) is 20.1. The van der Waals surface area contributed by atoms with Crippen LogP contribution < -0.4 is 14.4 Å². The number of hydrogen-bond acceptors (Lipinski definition) is 5. The van der Waals surface area contributed by atoms with Crippen molar-refractivity contribution in [1.29, 1.82) is 0 Å². The fraction of sp³-hybridized carbons (Fsp3) is 0.0571. The number of para-hydroxylation sites is 3. The molecule has 0 atom stereocenters. The minimum Gasteiger partial charge on any atom is -0.493 e. The number of benzene rings is 5. The molecule has 0 fully saturated rings. The largest absolute Gasteiger partial charge is 0.493 e. The van der Waals surface area contributed by atoms with E-state index < -0.39 is 0 Å². The van der Waals surface area contributed by atoms with Crippen LogP contribution in [0, 0.1) is 0 Å². The molecule has 0 radical (unpaired) electrons. The second-order valence-corrected chi connectivity index (χ2v) is 11.2. The van der Waals surface area contributed by atoms with Gasteiger partial charge in [0.15, 0.2) is 11.5 Å². The molecule has 41 heavy (non-hydrogen) atoms. The van der Waals surface area contributed by atoms with E-state index in [0.717, 1.165) is 50.3 Å². The summed E-state index contributed by atoms with van der Waals surface area (Å²) in [5, 5.41) is 1.73. The zero-order valence-electron chi connectivity index (χ0n) is 22.5. The van der Waals surface area contributed by atoms with Gasteiger partial charge >= 0.3 is 0 Å². The van der Waals surface area contributed by atoms with Gasteiger partial charge in [0.25, 0.3) is 0 Å². The van der Waals surface area contributed by atoms with Gasteiger partial charge in [-0.2, -0.15) is 0 Å². The average Bonchev–Trinajstić information content (AvgIpc) is 3.03. The second-order valence-electron chi connectivity index (χ2n) is 9.68. The van der Waals surface area contributed by atoms with Gasteiger partial charge in [-0.15, -0.1) is 0 Å². The minimum absolute atomic E-state index is 0.676. The molecule has 0 bridgehead atoms. The van der Waals surface area contributed by atoms with Crippen molar-refractivity contribution in [3.05, 3.63) is 120 Å². The van der Waals surface area contributed by atoms with Crippen LogP contribution >= 0.6 is 23.4 Å². The topological polar surface area (TPSA) is 34.6 Å². The summed E-state index contributed by atoms with van der Waals surface area (Å²) in [5.74, 6) is 1.36. The summed E-state index contributed by atoms with van der Waals surface area (Å²) in [6.07, 6.45) is 0. The van der Waals surface area contributed by atoms with Gasteiger partial charge < -0.3 is 14.4 Å². The summed E-state index contributed by atoms with van der Waals surface area (Å²) in [5.41, 5.74) is 8.10. The van der Waals surface area contributed by atoms with Gasteiger partial charge in [0.05, 0.1) is 42.5 Å². The lowest BCUT2D eigenvalue weighted by molar-refractivity contribution is 0.355. The third-order valence-electron chi connectivity index (χ3n) is 7.33. The molecule has 1 aromatic heterocycles. The maximum atomic E-state index is 6.25. The minimum atomic E-state index is 0.676. The Morgan fingerprint density at radius 2 is 1.27 bits per heavy atom. The van der Waals surface area contributed by atoms with Crippen molar-refractivity contribution in [3.8, 4) is 33.9 Å². The van der Waals surface area contributed by atoms with E-state index in [1.165, 1.54) is 9.79 Å². The Hall–Kier alpha value is -4.45. The van der Waals surface area contributed by atoms with Crippen LogP contribution in [0.2, 0.25) is 5.02 Å². The molecule has 4 nitrogen and oxygen atoms in total. The van der Waals surface area contributed by atoms with E-state index in [-0.39, 0.29) is 0 Å². The number of ether oxygens (including phenoxy) is 2. The number of fused-ring (bicyclic) bond motifs is 3. The smallest absolute Gasteiger partial charge is 0.161 e. The molecule has 0 saturated heterocycles. The lowest BCUT2D eigenvalue weighted by Gasteiger charge is -2.33. The zero-order valence-corrected chi connectivity index (χ0v) is 24.0. The SMILES string of the molecule is COc1ccc(-c2cc(-c3ccc(Cl)cc3)nc3c(N4c5ccccc5Sc5ccccc54)cccc23)cc1OC. The predicted octanol–water partition coefficient (Wildman–Crippen LogP) is 10.2.